The van der Waals surface area contributed by atoms with Gasteiger partial charge in [0.25, 0.3) is 0 Å². The molecule has 0 spiro atoms. The van der Waals surface area contributed by atoms with Gasteiger partial charge in [-0.05, 0) is 56.1 Å². The predicted molar refractivity (Wildman–Crippen MR) is 120 cm³/mol. The number of thioether (sulfide) groups is 1. The number of likely N-dealkylation sites (tertiary alicyclic amines) is 1. The van der Waals surface area contributed by atoms with Gasteiger partial charge in [0.1, 0.15) is 0 Å². The van der Waals surface area contributed by atoms with Crippen LogP contribution in [0.1, 0.15) is 29.5 Å². The number of rotatable bonds is 8. The minimum Gasteiger partial charge on any atom is -0.355 e. The first-order valence-electron chi connectivity index (χ1n) is 9.98. The van der Waals surface area contributed by atoms with Crippen molar-refractivity contribution in [2.75, 3.05) is 25.4 Å². The van der Waals surface area contributed by atoms with Crippen molar-refractivity contribution in [2.45, 2.75) is 32.1 Å². The molecule has 1 amide bonds. The Morgan fingerprint density at radius 1 is 1.07 bits per heavy atom. The number of amides is 1. The number of hydrogen-bond donors (Lipinski definition) is 1. The van der Waals surface area contributed by atoms with E-state index in [4.69, 9.17) is 11.6 Å². The predicted octanol–water partition coefficient (Wildman–Crippen LogP) is 4.91. The molecule has 1 N–H and O–H groups in total. The van der Waals surface area contributed by atoms with E-state index in [1.165, 1.54) is 16.7 Å². The van der Waals surface area contributed by atoms with E-state index in [0.717, 1.165) is 55.5 Å². The van der Waals surface area contributed by atoms with E-state index < -0.39 is 0 Å². The van der Waals surface area contributed by atoms with Crippen LogP contribution in [0, 0.1) is 12.8 Å². The standard InChI is InChI=1S/C23H29ClN2OS/c1-18-2-4-19(5-3-18)16-26-13-10-21(11-14-26)23(27)25-12-15-28-17-20-6-8-22(24)9-7-20/h2-9,21H,10-17H2,1H3,(H,25,27). The maximum absolute atomic E-state index is 12.4. The molecule has 2 aromatic rings. The van der Waals surface area contributed by atoms with E-state index in [1.54, 1.807) is 0 Å². The summed E-state index contributed by atoms with van der Waals surface area (Å²) in [6.45, 7) is 5.83. The summed E-state index contributed by atoms with van der Waals surface area (Å²) >= 11 is 7.74. The quantitative estimate of drug-likeness (QED) is 0.620. The van der Waals surface area contributed by atoms with Gasteiger partial charge in [-0.1, -0.05) is 53.6 Å². The molecule has 1 saturated heterocycles. The number of piperidine rings is 1. The first-order chi connectivity index (χ1) is 13.6. The van der Waals surface area contributed by atoms with Gasteiger partial charge in [0.2, 0.25) is 5.91 Å². The Kier molecular flexibility index (Phi) is 8.26. The summed E-state index contributed by atoms with van der Waals surface area (Å²) in [6.07, 6.45) is 1.91. The molecule has 1 aliphatic rings. The highest BCUT2D eigenvalue weighted by Gasteiger charge is 2.24. The normalized spacial score (nSPS) is 15.5. The van der Waals surface area contributed by atoms with Crippen LogP contribution in [0.2, 0.25) is 5.02 Å². The van der Waals surface area contributed by atoms with Crippen molar-refractivity contribution in [3.63, 3.8) is 0 Å². The third-order valence-electron chi connectivity index (χ3n) is 5.21. The molecule has 150 valence electrons. The highest BCUT2D eigenvalue weighted by atomic mass is 35.5. The summed E-state index contributed by atoms with van der Waals surface area (Å²) in [4.78, 5) is 14.9. The molecule has 0 saturated carbocycles. The van der Waals surface area contributed by atoms with Crippen LogP contribution >= 0.6 is 23.4 Å². The van der Waals surface area contributed by atoms with Gasteiger partial charge in [0, 0.05) is 35.5 Å². The average molecular weight is 417 g/mol. The number of hydrogen-bond acceptors (Lipinski definition) is 3. The van der Waals surface area contributed by atoms with Crippen molar-refractivity contribution < 1.29 is 4.79 Å². The molecule has 0 atom stereocenters. The van der Waals surface area contributed by atoms with Crippen molar-refractivity contribution in [3.8, 4) is 0 Å². The molecule has 2 aromatic carbocycles. The zero-order chi connectivity index (χ0) is 19.8. The van der Waals surface area contributed by atoms with Crippen LogP contribution in [0.15, 0.2) is 48.5 Å². The molecule has 5 heteroatoms. The molecule has 0 aliphatic carbocycles. The lowest BCUT2D eigenvalue weighted by Crippen LogP contribution is -2.40. The Hall–Kier alpha value is -1.49. The molecular weight excluding hydrogens is 388 g/mol. The highest BCUT2D eigenvalue weighted by molar-refractivity contribution is 7.98. The lowest BCUT2D eigenvalue weighted by molar-refractivity contribution is -0.126. The molecule has 0 radical (unpaired) electrons. The molecule has 1 aliphatic heterocycles. The number of aryl methyl sites for hydroxylation is 1. The van der Waals surface area contributed by atoms with Crippen molar-refractivity contribution in [2.24, 2.45) is 5.92 Å². The van der Waals surface area contributed by atoms with Gasteiger partial charge >= 0.3 is 0 Å². The second-order valence-corrected chi connectivity index (χ2v) is 9.05. The second kappa shape index (κ2) is 10.9. The Balaban J connectivity index is 1.29. The van der Waals surface area contributed by atoms with Crippen LogP contribution in [0.4, 0.5) is 0 Å². The van der Waals surface area contributed by atoms with Crippen LogP contribution < -0.4 is 5.32 Å². The molecule has 0 bridgehead atoms. The lowest BCUT2D eigenvalue weighted by atomic mass is 9.95. The zero-order valence-corrected chi connectivity index (χ0v) is 18.1. The van der Waals surface area contributed by atoms with Gasteiger partial charge < -0.3 is 5.32 Å². The Morgan fingerprint density at radius 3 is 2.39 bits per heavy atom. The summed E-state index contributed by atoms with van der Waals surface area (Å²) in [5, 5.41) is 3.89. The SMILES string of the molecule is Cc1ccc(CN2CCC(C(=O)NCCSCc3ccc(Cl)cc3)CC2)cc1. The minimum atomic E-state index is 0.163. The first-order valence-corrected chi connectivity index (χ1v) is 11.5. The maximum atomic E-state index is 12.4. The zero-order valence-electron chi connectivity index (χ0n) is 16.5. The summed E-state index contributed by atoms with van der Waals surface area (Å²) in [6, 6.07) is 16.7. The largest absolute Gasteiger partial charge is 0.355 e. The van der Waals surface area contributed by atoms with Gasteiger partial charge in [-0.25, -0.2) is 0 Å². The fraction of sp³-hybridized carbons (Fsp3) is 0.435. The molecule has 3 nitrogen and oxygen atoms in total. The van der Waals surface area contributed by atoms with Crippen molar-refractivity contribution in [1.29, 1.82) is 0 Å². The van der Waals surface area contributed by atoms with Crippen molar-refractivity contribution in [3.05, 3.63) is 70.2 Å². The Morgan fingerprint density at radius 2 is 1.71 bits per heavy atom. The van der Waals surface area contributed by atoms with Crippen LogP contribution in [0.5, 0.6) is 0 Å². The van der Waals surface area contributed by atoms with Crippen LogP contribution in [0.25, 0.3) is 0 Å². The molecule has 3 rings (SSSR count). The Labute approximate surface area is 177 Å². The van der Waals surface area contributed by atoms with E-state index in [9.17, 15) is 4.79 Å². The van der Waals surface area contributed by atoms with Gasteiger partial charge in [-0.2, -0.15) is 11.8 Å². The highest BCUT2D eigenvalue weighted by Crippen LogP contribution is 2.20. The number of halogens is 1. The molecule has 28 heavy (non-hydrogen) atoms. The number of carbonyl (C=O) groups is 1. The van der Waals surface area contributed by atoms with Gasteiger partial charge in [-0.3, -0.25) is 9.69 Å². The topological polar surface area (TPSA) is 32.3 Å². The maximum Gasteiger partial charge on any atom is 0.223 e. The smallest absolute Gasteiger partial charge is 0.223 e. The first kappa shape index (κ1) is 21.2. The number of nitrogens with one attached hydrogen (secondary N) is 1. The summed E-state index contributed by atoms with van der Waals surface area (Å²) < 4.78 is 0. The molecule has 1 fully saturated rings. The molecule has 0 aromatic heterocycles. The molecular formula is C23H29ClN2OS. The van der Waals surface area contributed by atoms with Gasteiger partial charge in [0.15, 0.2) is 0 Å². The minimum absolute atomic E-state index is 0.163. The van der Waals surface area contributed by atoms with E-state index in [1.807, 2.05) is 23.9 Å². The monoisotopic (exact) mass is 416 g/mol. The third-order valence-corrected chi connectivity index (χ3v) is 6.50. The fourth-order valence-corrected chi connectivity index (χ4v) is 4.41. The Bertz CT molecular complexity index is 740. The van der Waals surface area contributed by atoms with E-state index in [0.29, 0.717) is 0 Å². The number of carbonyl (C=O) groups excluding carboxylic acids is 1. The van der Waals surface area contributed by atoms with Crippen LogP contribution in [0.3, 0.4) is 0 Å². The molecule has 0 unspecified atom stereocenters. The third kappa shape index (κ3) is 6.84. The number of nitrogens with zero attached hydrogens (tertiary/aromatic N) is 1. The van der Waals surface area contributed by atoms with Crippen molar-refractivity contribution in [1.82, 2.24) is 10.2 Å². The van der Waals surface area contributed by atoms with E-state index >= 15 is 0 Å². The number of benzene rings is 2. The lowest BCUT2D eigenvalue weighted by Gasteiger charge is -2.31. The van der Waals surface area contributed by atoms with E-state index in [2.05, 4.69) is 53.5 Å². The average Bonchev–Trinajstić information content (AvgIpc) is 2.71. The van der Waals surface area contributed by atoms with Crippen LogP contribution in [-0.2, 0) is 17.1 Å². The van der Waals surface area contributed by atoms with Gasteiger partial charge in [-0.15, -0.1) is 0 Å². The summed E-state index contributed by atoms with van der Waals surface area (Å²) in [5.41, 5.74) is 3.92. The molecule has 1 heterocycles. The van der Waals surface area contributed by atoms with Crippen molar-refractivity contribution >= 4 is 29.3 Å². The fourth-order valence-electron chi connectivity index (χ4n) is 3.47. The van der Waals surface area contributed by atoms with Crippen LogP contribution in [-0.4, -0.2) is 36.2 Å². The van der Waals surface area contributed by atoms with E-state index in [-0.39, 0.29) is 11.8 Å². The summed E-state index contributed by atoms with van der Waals surface area (Å²) in [7, 11) is 0. The summed E-state index contributed by atoms with van der Waals surface area (Å²) in [5.74, 6) is 2.27. The second-order valence-electron chi connectivity index (χ2n) is 7.51. The van der Waals surface area contributed by atoms with Gasteiger partial charge in [0.05, 0.1) is 0 Å².